The fourth-order valence-corrected chi connectivity index (χ4v) is 3.88. The fraction of sp³-hybridized carbons (Fsp3) is 0.292. The molecule has 1 N–H and O–H groups in total. The molecule has 0 saturated heterocycles. The third-order valence-electron chi connectivity index (χ3n) is 4.90. The Morgan fingerprint density at radius 2 is 2.00 bits per heavy atom. The molecule has 1 aliphatic heterocycles. The number of terminal acetylenes is 1. The second kappa shape index (κ2) is 10.5. The molecule has 0 spiro atoms. The maximum absolute atomic E-state index is 13.4. The summed E-state index contributed by atoms with van der Waals surface area (Å²) >= 11 is 3.44. The largest absolute Gasteiger partial charge is 0.364 e. The van der Waals surface area contributed by atoms with Gasteiger partial charge in [-0.15, -0.1) is 6.42 Å². The summed E-state index contributed by atoms with van der Waals surface area (Å²) in [5, 5.41) is 3.44. The van der Waals surface area contributed by atoms with Gasteiger partial charge in [-0.2, -0.15) is 0 Å². The van der Waals surface area contributed by atoms with E-state index in [1.54, 1.807) is 12.1 Å². The molecule has 3 rings (SSSR count). The van der Waals surface area contributed by atoms with Crippen molar-refractivity contribution in [3.05, 3.63) is 82.2 Å². The van der Waals surface area contributed by atoms with Gasteiger partial charge in [0, 0.05) is 11.9 Å². The van der Waals surface area contributed by atoms with E-state index < -0.39 is 12.2 Å². The molecular formula is C24H23BrFNO3. The monoisotopic (exact) mass is 471 g/mol. The lowest BCUT2D eigenvalue weighted by Crippen LogP contribution is -2.29. The molecule has 0 radical (unpaired) electrons. The minimum Gasteiger partial charge on any atom is -0.364 e. The average Bonchev–Trinajstić information content (AvgIpc) is 3.19. The van der Waals surface area contributed by atoms with Gasteiger partial charge in [0.25, 0.3) is 5.91 Å². The van der Waals surface area contributed by atoms with Crippen molar-refractivity contribution in [3.63, 3.8) is 0 Å². The molecule has 4 nitrogen and oxygen atoms in total. The number of amides is 1. The van der Waals surface area contributed by atoms with Crippen LogP contribution in [0.25, 0.3) is 0 Å². The summed E-state index contributed by atoms with van der Waals surface area (Å²) in [4.78, 5) is 13.2. The lowest BCUT2D eigenvalue weighted by atomic mass is 9.96. The summed E-state index contributed by atoms with van der Waals surface area (Å²) in [7, 11) is 0. The van der Waals surface area contributed by atoms with Gasteiger partial charge in [-0.3, -0.25) is 4.79 Å². The smallest absolute Gasteiger partial charge is 0.250 e. The van der Waals surface area contributed by atoms with Gasteiger partial charge in [-0.1, -0.05) is 63.8 Å². The van der Waals surface area contributed by atoms with Crippen LogP contribution < -0.4 is 5.32 Å². The summed E-state index contributed by atoms with van der Waals surface area (Å²) in [6.45, 7) is 2.75. The number of halogens is 2. The predicted molar refractivity (Wildman–Crippen MR) is 118 cm³/mol. The normalized spacial score (nSPS) is 16.9. The highest BCUT2D eigenvalue weighted by Gasteiger charge is 2.36. The molecular weight excluding hydrogens is 449 g/mol. The van der Waals surface area contributed by atoms with E-state index in [1.807, 2.05) is 31.2 Å². The standard InChI is InChI=1S/C24H23BrFNO3/c1-3-12-29-21(13-25)20-15-30-23(18-8-10-19(26)11-9-18)22(20)24(28)27-14-17-6-4-16(2)5-7-17/h1,4-11,21,23H,12-15H2,2H3,(H,27,28). The molecule has 156 valence electrons. The Balaban J connectivity index is 1.88. The molecule has 1 heterocycles. The van der Waals surface area contributed by atoms with Gasteiger partial charge < -0.3 is 14.8 Å². The van der Waals surface area contributed by atoms with Gasteiger partial charge in [-0.25, -0.2) is 4.39 Å². The highest BCUT2D eigenvalue weighted by molar-refractivity contribution is 9.09. The quantitative estimate of drug-likeness (QED) is 0.462. The minimum atomic E-state index is -0.602. The number of nitrogens with one attached hydrogen (secondary N) is 1. The summed E-state index contributed by atoms with van der Waals surface area (Å²) in [6.07, 6.45) is 4.33. The number of aryl methyl sites for hydroxylation is 1. The van der Waals surface area contributed by atoms with Crippen LogP contribution in [-0.4, -0.2) is 30.6 Å². The van der Waals surface area contributed by atoms with Crippen LogP contribution >= 0.6 is 15.9 Å². The number of carbonyl (C=O) groups excluding carboxylic acids is 1. The Morgan fingerprint density at radius 1 is 1.30 bits per heavy atom. The van der Waals surface area contributed by atoms with Gasteiger partial charge in [0.1, 0.15) is 18.5 Å². The SMILES string of the molecule is C#CCOC(CBr)C1=C(C(=O)NCc2ccc(C)cc2)C(c2ccc(F)cc2)OC1. The molecule has 2 aromatic rings. The molecule has 2 atom stereocenters. The van der Waals surface area contributed by atoms with Gasteiger partial charge in [0.05, 0.1) is 18.3 Å². The Labute approximate surface area is 184 Å². The number of ether oxygens (including phenoxy) is 2. The van der Waals surface area contributed by atoms with E-state index in [9.17, 15) is 9.18 Å². The first-order chi connectivity index (χ1) is 14.5. The third-order valence-corrected chi connectivity index (χ3v) is 5.49. The third kappa shape index (κ3) is 5.37. The van der Waals surface area contributed by atoms with E-state index in [0.717, 1.165) is 16.7 Å². The molecule has 0 fully saturated rings. The number of carbonyl (C=O) groups is 1. The van der Waals surface area contributed by atoms with Crippen molar-refractivity contribution in [3.8, 4) is 12.3 Å². The molecule has 1 amide bonds. The second-order valence-electron chi connectivity index (χ2n) is 7.01. The highest BCUT2D eigenvalue weighted by Crippen LogP contribution is 2.37. The number of alkyl halides is 1. The van der Waals surface area contributed by atoms with E-state index in [0.29, 0.717) is 23.0 Å². The predicted octanol–water partition coefficient (Wildman–Crippen LogP) is 4.23. The van der Waals surface area contributed by atoms with Gasteiger partial charge in [0.2, 0.25) is 0 Å². The molecule has 2 unspecified atom stereocenters. The first-order valence-electron chi connectivity index (χ1n) is 9.58. The van der Waals surface area contributed by atoms with Crippen molar-refractivity contribution in [2.24, 2.45) is 0 Å². The van der Waals surface area contributed by atoms with Gasteiger partial charge >= 0.3 is 0 Å². The second-order valence-corrected chi connectivity index (χ2v) is 7.66. The van der Waals surface area contributed by atoms with Crippen molar-refractivity contribution < 1.29 is 18.7 Å². The Hall–Kier alpha value is -2.46. The zero-order valence-corrected chi connectivity index (χ0v) is 18.2. The van der Waals surface area contributed by atoms with E-state index in [-0.39, 0.29) is 24.9 Å². The molecule has 0 aliphatic carbocycles. The molecule has 1 aliphatic rings. The van der Waals surface area contributed by atoms with Gasteiger partial charge in [0.15, 0.2) is 0 Å². The summed E-state index contributed by atoms with van der Waals surface area (Å²) in [5.74, 6) is 1.86. The first-order valence-corrected chi connectivity index (χ1v) is 10.7. The fourth-order valence-electron chi connectivity index (χ4n) is 3.30. The molecule has 30 heavy (non-hydrogen) atoms. The van der Waals surface area contributed by atoms with Crippen LogP contribution in [0.4, 0.5) is 4.39 Å². The molecule has 0 saturated carbocycles. The van der Waals surface area contributed by atoms with Crippen LogP contribution in [0.2, 0.25) is 0 Å². The van der Waals surface area contributed by atoms with Crippen molar-refractivity contribution in [2.45, 2.75) is 25.7 Å². The molecule has 0 bridgehead atoms. The number of benzene rings is 2. The van der Waals surface area contributed by atoms with Crippen molar-refractivity contribution in [2.75, 3.05) is 18.5 Å². The van der Waals surface area contributed by atoms with Crippen LogP contribution in [0, 0.1) is 25.1 Å². The van der Waals surface area contributed by atoms with E-state index in [2.05, 4.69) is 27.2 Å². The summed E-state index contributed by atoms with van der Waals surface area (Å²) in [6, 6.07) is 13.9. The van der Waals surface area contributed by atoms with E-state index >= 15 is 0 Å². The van der Waals surface area contributed by atoms with Crippen LogP contribution in [0.5, 0.6) is 0 Å². The van der Waals surface area contributed by atoms with E-state index in [4.69, 9.17) is 15.9 Å². The zero-order chi connectivity index (χ0) is 21.5. The highest BCUT2D eigenvalue weighted by atomic mass is 79.9. The maximum atomic E-state index is 13.4. The number of rotatable bonds is 8. The van der Waals surface area contributed by atoms with Crippen molar-refractivity contribution in [1.29, 1.82) is 0 Å². The molecule has 6 heteroatoms. The first kappa shape index (κ1) is 22.2. The average molecular weight is 472 g/mol. The number of hydrogen-bond acceptors (Lipinski definition) is 3. The van der Waals surface area contributed by atoms with Crippen LogP contribution in [0.1, 0.15) is 22.8 Å². The Morgan fingerprint density at radius 3 is 2.63 bits per heavy atom. The topological polar surface area (TPSA) is 47.6 Å². The molecule has 2 aromatic carbocycles. The Bertz CT molecular complexity index is 948. The van der Waals surface area contributed by atoms with Crippen molar-refractivity contribution >= 4 is 21.8 Å². The zero-order valence-electron chi connectivity index (χ0n) is 16.7. The van der Waals surface area contributed by atoms with Gasteiger partial charge in [-0.05, 0) is 35.8 Å². The lowest BCUT2D eigenvalue weighted by molar-refractivity contribution is -0.118. The lowest BCUT2D eigenvalue weighted by Gasteiger charge is -2.18. The summed E-state index contributed by atoms with van der Waals surface area (Å²) < 4.78 is 25.1. The van der Waals surface area contributed by atoms with Crippen LogP contribution in [0.3, 0.4) is 0 Å². The molecule has 0 aromatic heterocycles. The minimum absolute atomic E-state index is 0.124. The Kier molecular flexibility index (Phi) is 7.81. The number of hydrogen-bond donors (Lipinski definition) is 1. The van der Waals surface area contributed by atoms with Crippen molar-refractivity contribution in [1.82, 2.24) is 5.32 Å². The van der Waals surface area contributed by atoms with E-state index in [1.165, 1.54) is 12.1 Å². The summed E-state index contributed by atoms with van der Waals surface area (Å²) in [5.41, 5.74) is 4.07. The van der Waals surface area contributed by atoms with Crippen LogP contribution in [0.15, 0.2) is 59.7 Å². The maximum Gasteiger partial charge on any atom is 0.250 e. The van der Waals surface area contributed by atoms with Crippen LogP contribution in [-0.2, 0) is 20.8 Å².